The Hall–Kier alpha value is -1.30. The minimum absolute atomic E-state index is 0.0249. The topological polar surface area (TPSA) is 86.9 Å². The van der Waals surface area contributed by atoms with Crippen LogP contribution < -0.4 is 5.73 Å². The van der Waals surface area contributed by atoms with Crippen molar-refractivity contribution in [1.82, 2.24) is 9.80 Å². The number of aliphatic carboxylic acids is 1. The van der Waals surface area contributed by atoms with E-state index in [1.165, 1.54) is 0 Å². The Bertz CT molecular complexity index is 374. The van der Waals surface area contributed by atoms with Gasteiger partial charge < -0.3 is 20.6 Å². The molecule has 2 saturated heterocycles. The predicted octanol–water partition coefficient (Wildman–Crippen LogP) is 0.574. The second-order valence-electron chi connectivity index (χ2n) is 6.01. The molecule has 0 aromatic rings. The van der Waals surface area contributed by atoms with Gasteiger partial charge in [0.1, 0.15) is 0 Å². The van der Waals surface area contributed by atoms with Crippen molar-refractivity contribution in [3.63, 3.8) is 0 Å². The quantitative estimate of drug-likeness (QED) is 0.767. The number of piperidine rings is 1. The zero-order chi connectivity index (χ0) is 14.0. The molecule has 108 valence electrons. The van der Waals surface area contributed by atoms with Gasteiger partial charge in [0.2, 0.25) is 0 Å². The minimum atomic E-state index is -0.814. The Morgan fingerprint density at radius 2 is 2.11 bits per heavy atom. The molecule has 0 saturated carbocycles. The molecule has 6 nitrogen and oxygen atoms in total. The fraction of sp³-hybridized carbons (Fsp3) is 0.846. The number of carboxylic acid groups (broad SMARTS) is 1. The molecule has 2 heterocycles. The number of amides is 2. The van der Waals surface area contributed by atoms with Crippen molar-refractivity contribution in [1.29, 1.82) is 0 Å². The Balaban J connectivity index is 1.98. The standard InChI is InChI=1S/C13H23N3O3/c1-13(11(17)18)4-2-5-16(9-13)12(19)15-6-3-10(7-14)8-15/h10H,2-9,14H2,1H3,(H,17,18). The molecule has 0 spiro atoms. The van der Waals surface area contributed by atoms with Crippen molar-refractivity contribution in [3.05, 3.63) is 0 Å². The number of carbonyl (C=O) groups excluding carboxylic acids is 1. The molecule has 2 rings (SSSR count). The van der Waals surface area contributed by atoms with Crippen LogP contribution in [0.1, 0.15) is 26.2 Å². The molecule has 2 aliphatic rings. The van der Waals surface area contributed by atoms with Crippen LogP contribution in [0, 0.1) is 11.3 Å². The maximum Gasteiger partial charge on any atom is 0.320 e. The molecular weight excluding hydrogens is 246 g/mol. The number of urea groups is 1. The van der Waals surface area contributed by atoms with Crippen LogP contribution >= 0.6 is 0 Å². The van der Waals surface area contributed by atoms with E-state index in [9.17, 15) is 14.7 Å². The Kier molecular flexibility index (Phi) is 3.99. The van der Waals surface area contributed by atoms with Gasteiger partial charge in [0.25, 0.3) is 0 Å². The van der Waals surface area contributed by atoms with E-state index in [2.05, 4.69) is 0 Å². The normalized spacial score (nSPS) is 31.6. The molecule has 6 heteroatoms. The van der Waals surface area contributed by atoms with E-state index in [4.69, 9.17) is 5.73 Å². The number of nitrogens with two attached hydrogens (primary N) is 1. The third-order valence-electron chi connectivity index (χ3n) is 4.37. The summed E-state index contributed by atoms with van der Waals surface area (Å²) in [6.45, 7) is 4.74. The summed E-state index contributed by atoms with van der Waals surface area (Å²) in [5.74, 6) is -0.425. The van der Waals surface area contributed by atoms with Crippen LogP contribution in [0.3, 0.4) is 0 Å². The monoisotopic (exact) mass is 269 g/mol. The maximum absolute atomic E-state index is 12.4. The average molecular weight is 269 g/mol. The molecular formula is C13H23N3O3. The second-order valence-corrected chi connectivity index (χ2v) is 6.01. The summed E-state index contributed by atoms with van der Waals surface area (Å²) in [7, 11) is 0. The van der Waals surface area contributed by atoms with E-state index in [0.717, 1.165) is 19.4 Å². The van der Waals surface area contributed by atoms with E-state index < -0.39 is 11.4 Å². The summed E-state index contributed by atoms with van der Waals surface area (Å²) in [5, 5.41) is 9.27. The number of likely N-dealkylation sites (tertiary alicyclic amines) is 2. The summed E-state index contributed by atoms with van der Waals surface area (Å²) in [6.07, 6.45) is 2.34. The van der Waals surface area contributed by atoms with E-state index in [-0.39, 0.29) is 6.03 Å². The van der Waals surface area contributed by atoms with E-state index in [1.807, 2.05) is 4.90 Å². The van der Waals surface area contributed by atoms with E-state index >= 15 is 0 Å². The third kappa shape index (κ3) is 2.83. The van der Waals surface area contributed by atoms with Crippen LogP contribution in [0.25, 0.3) is 0 Å². The highest BCUT2D eigenvalue weighted by Crippen LogP contribution is 2.30. The van der Waals surface area contributed by atoms with Gasteiger partial charge in [0.05, 0.1) is 5.41 Å². The SMILES string of the molecule is CC1(C(=O)O)CCCN(C(=O)N2CCC(CN)C2)C1. The first-order valence-electron chi connectivity index (χ1n) is 6.93. The van der Waals surface area contributed by atoms with Gasteiger partial charge in [-0.25, -0.2) is 4.79 Å². The summed E-state index contributed by atoms with van der Waals surface area (Å²) in [4.78, 5) is 27.2. The fourth-order valence-electron chi connectivity index (χ4n) is 2.98. The van der Waals surface area contributed by atoms with Crippen LogP contribution in [-0.2, 0) is 4.79 Å². The number of carboxylic acids is 1. The number of nitrogens with zero attached hydrogens (tertiary/aromatic N) is 2. The second kappa shape index (κ2) is 5.36. The van der Waals surface area contributed by atoms with Gasteiger partial charge >= 0.3 is 12.0 Å². The maximum atomic E-state index is 12.4. The number of hydrogen-bond acceptors (Lipinski definition) is 3. The molecule has 2 unspecified atom stereocenters. The van der Waals surface area contributed by atoms with Crippen molar-refractivity contribution in [2.24, 2.45) is 17.1 Å². The largest absolute Gasteiger partial charge is 0.481 e. The highest BCUT2D eigenvalue weighted by molar-refractivity contribution is 5.78. The summed E-state index contributed by atoms with van der Waals surface area (Å²) >= 11 is 0. The molecule has 2 fully saturated rings. The molecule has 19 heavy (non-hydrogen) atoms. The summed E-state index contributed by atoms with van der Waals surface area (Å²) in [5.41, 5.74) is 4.82. The van der Waals surface area contributed by atoms with E-state index in [1.54, 1.807) is 11.8 Å². The van der Waals surface area contributed by atoms with Crippen molar-refractivity contribution in [3.8, 4) is 0 Å². The molecule has 0 aromatic heterocycles. The molecule has 0 aliphatic carbocycles. The lowest BCUT2D eigenvalue weighted by molar-refractivity contribution is -0.150. The molecule has 3 N–H and O–H groups in total. The van der Waals surface area contributed by atoms with E-state index in [0.29, 0.717) is 38.5 Å². The zero-order valence-electron chi connectivity index (χ0n) is 11.5. The van der Waals surface area contributed by atoms with Crippen LogP contribution in [0.15, 0.2) is 0 Å². The molecule has 2 atom stereocenters. The van der Waals surface area contributed by atoms with Gasteiger partial charge in [-0.15, -0.1) is 0 Å². The molecule has 0 aromatic carbocycles. The van der Waals surface area contributed by atoms with Gasteiger partial charge in [-0.2, -0.15) is 0 Å². The van der Waals surface area contributed by atoms with Crippen molar-refractivity contribution in [2.75, 3.05) is 32.7 Å². The van der Waals surface area contributed by atoms with Gasteiger partial charge in [-0.05, 0) is 38.6 Å². The first kappa shape index (κ1) is 14.1. The first-order chi connectivity index (χ1) is 8.96. The first-order valence-corrected chi connectivity index (χ1v) is 6.93. The van der Waals surface area contributed by atoms with Crippen LogP contribution in [0.4, 0.5) is 4.79 Å². The average Bonchev–Trinajstić information content (AvgIpc) is 2.86. The predicted molar refractivity (Wildman–Crippen MR) is 70.7 cm³/mol. The van der Waals surface area contributed by atoms with Crippen molar-refractivity contribution >= 4 is 12.0 Å². The highest BCUT2D eigenvalue weighted by Gasteiger charge is 2.41. The lowest BCUT2D eigenvalue weighted by atomic mass is 9.82. The zero-order valence-corrected chi connectivity index (χ0v) is 11.5. The van der Waals surface area contributed by atoms with Crippen LogP contribution in [0.2, 0.25) is 0 Å². The van der Waals surface area contributed by atoms with Gasteiger partial charge in [0, 0.05) is 26.2 Å². The summed E-state index contributed by atoms with van der Waals surface area (Å²) < 4.78 is 0. The van der Waals surface area contributed by atoms with Gasteiger partial charge in [-0.1, -0.05) is 0 Å². The number of hydrogen-bond donors (Lipinski definition) is 2. The van der Waals surface area contributed by atoms with Gasteiger partial charge in [0.15, 0.2) is 0 Å². The Labute approximate surface area is 113 Å². The van der Waals surface area contributed by atoms with Gasteiger partial charge in [-0.3, -0.25) is 4.79 Å². The Morgan fingerprint density at radius 1 is 1.37 bits per heavy atom. The van der Waals surface area contributed by atoms with Crippen LogP contribution in [0.5, 0.6) is 0 Å². The molecule has 2 amide bonds. The lowest BCUT2D eigenvalue weighted by Crippen LogP contribution is -2.52. The van der Waals surface area contributed by atoms with Crippen molar-refractivity contribution in [2.45, 2.75) is 26.2 Å². The smallest absolute Gasteiger partial charge is 0.320 e. The summed E-state index contributed by atoms with van der Waals surface area (Å²) in [6, 6.07) is -0.0249. The highest BCUT2D eigenvalue weighted by atomic mass is 16.4. The minimum Gasteiger partial charge on any atom is -0.481 e. The third-order valence-corrected chi connectivity index (χ3v) is 4.37. The number of rotatable bonds is 2. The van der Waals surface area contributed by atoms with Crippen molar-refractivity contribution < 1.29 is 14.7 Å². The van der Waals surface area contributed by atoms with Crippen LogP contribution in [-0.4, -0.2) is 59.6 Å². The molecule has 0 bridgehead atoms. The number of carbonyl (C=O) groups is 2. The fourth-order valence-corrected chi connectivity index (χ4v) is 2.98. The molecule has 0 radical (unpaired) electrons. The lowest BCUT2D eigenvalue weighted by Gasteiger charge is -2.39. The Morgan fingerprint density at radius 3 is 2.68 bits per heavy atom. The molecule has 2 aliphatic heterocycles.